The van der Waals surface area contributed by atoms with Crippen LogP contribution in [0, 0.1) is 5.92 Å². The fourth-order valence-corrected chi connectivity index (χ4v) is 5.22. The predicted octanol–water partition coefficient (Wildman–Crippen LogP) is 3.88. The zero-order chi connectivity index (χ0) is 25.4. The molecule has 0 bridgehead atoms. The maximum atomic E-state index is 13.6. The van der Waals surface area contributed by atoms with Gasteiger partial charge in [0, 0.05) is 12.3 Å². The molecule has 1 aliphatic carbocycles. The van der Waals surface area contributed by atoms with Crippen LogP contribution in [0.3, 0.4) is 0 Å². The number of aromatic nitrogens is 2. The molecule has 2 aromatic rings. The summed E-state index contributed by atoms with van der Waals surface area (Å²) in [4.78, 5) is 42.7. The summed E-state index contributed by atoms with van der Waals surface area (Å²) in [6, 6.07) is 2.35. The minimum Gasteiger partial charge on any atom is -0.459 e. The first-order valence-electron chi connectivity index (χ1n) is 12.0. The number of carbonyl (C=O) groups is 3. The van der Waals surface area contributed by atoms with E-state index in [9.17, 15) is 14.4 Å². The van der Waals surface area contributed by atoms with Crippen LogP contribution in [-0.4, -0.2) is 76.2 Å². The van der Waals surface area contributed by atoms with Crippen LogP contribution in [0.4, 0.5) is 0 Å². The number of amides is 2. The number of thioether (sulfide) groups is 1. The zero-order valence-electron chi connectivity index (χ0n) is 21.3. The normalized spacial score (nSPS) is 15.8. The molecular formula is C24H36ClN5O5S. The fourth-order valence-electron chi connectivity index (χ4n) is 4.36. The van der Waals surface area contributed by atoms with Crippen molar-refractivity contribution in [3.8, 4) is 0 Å². The van der Waals surface area contributed by atoms with Gasteiger partial charge >= 0.3 is 0 Å². The van der Waals surface area contributed by atoms with E-state index in [1.807, 2.05) is 32.8 Å². The highest BCUT2D eigenvalue weighted by Gasteiger charge is 2.45. The second-order valence-electron chi connectivity index (χ2n) is 9.57. The molecule has 36 heavy (non-hydrogen) atoms. The molecule has 0 saturated heterocycles. The summed E-state index contributed by atoms with van der Waals surface area (Å²) in [5.41, 5.74) is -1.01. The molecule has 0 aromatic carbocycles. The molecule has 1 atom stereocenters. The van der Waals surface area contributed by atoms with E-state index in [0.29, 0.717) is 30.9 Å². The van der Waals surface area contributed by atoms with Gasteiger partial charge < -0.3 is 24.0 Å². The van der Waals surface area contributed by atoms with Crippen LogP contribution in [0.15, 0.2) is 32.5 Å². The third-order valence-electron chi connectivity index (χ3n) is 6.09. The number of hydrogen-bond donors (Lipinski definition) is 1. The van der Waals surface area contributed by atoms with Gasteiger partial charge in [-0.3, -0.25) is 14.4 Å². The second-order valence-corrected chi connectivity index (χ2v) is 10.6. The monoisotopic (exact) mass is 541 g/mol. The summed E-state index contributed by atoms with van der Waals surface area (Å²) >= 11 is 1.38. The van der Waals surface area contributed by atoms with E-state index in [4.69, 9.17) is 8.83 Å². The molecule has 3 rings (SSSR count). The second kappa shape index (κ2) is 13.8. The minimum absolute atomic E-state index is 0. The van der Waals surface area contributed by atoms with Gasteiger partial charge in [-0.1, -0.05) is 32.0 Å². The Balaban J connectivity index is 0.00000456. The highest BCUT2D eigenvalue weighted by atomic mass is 35.5. The van der Waals surface area contributed by atoms with Crippen LogP contribution >= 0.6 is 24.2 Å². The number of carbonyl (C=O) groups excluding carboxylic acids is 3. The zero-order valence-corrected chi connectivity index (χ0v) is 22.9. The van der Waals surface area contributed by atoms with Crippen LogP contribution in [0.5, 0.6) is 0 Å². The molecule has 0 spiro atoms. The smallest absolute Gasteiger partial charge is 0.288 e. The highest BCUT2D eigenvalue weighted by Crippen LogP contribution is 2.35. The van der Waals surface area contributed by atoms with Crippen molar-refractivity contribution in [2.45, 2.75) is 69.3 Å². The van der Waals surface area contributed by atoms with Gasteiger partial charge in [-0.25, -0.2) is 0 Å². The van der Waals surface area contributed by atoms with Crippen molar-refractivity contribution in [1.29, 1.82) is 0 Å². The molecular weight excluding hydrogens is 506 g/mol. The van der Waals surface area contributed by atoms with Gasteiger partial charge in [0.15, 0.2) is 5.76 Å². The van der Waals surface area contributed by atoms with Crippen molar-refractivity contribution in [2.75, 3.05) is 26.4 Å². The SMILES string of the molecule is CC(C)CC(C(=O)c1nnc(SCCN(C)C)o1)N(C=O)C1(NC(=O)c2ccco2)CCCCC1.Cl. The van der Waals surface area contributed by atoms with Crippen LogP contribution in [0.25, 0.3) is 0 Å². The number of ketones is 1. The number of nitrogens with zero attached hydrogens (tertiary/aromatic N) is 4. The number of hydrogen-bond acceptors (Lipinski definition) is 9. The summed E-state index contributed by atoms with van der Waals surface area (Å²) in [5, 5.41) is 11.3. The maximum absolute atomic E-state index is 13.6. The molecule has 1 unspecified atom stereocenters. The van der Waals surface area contributed by atoms with Gasteiger partial charge in [0.1, 0.15) is 11.7 Å². The maximum Gasteiger partial charge on any atom is 0.288 e. The lowest BCUT2D eigenvalue weighted by atomic mass is 9.85. The molecule has 2 heterocycles. The van der Waals surface area contributed by atoms with E-state index in [0.717, 1.165) is 31.6 Å². The molecule has 1 fully saturated rings. The van der Waals surface area contributed by atoms with Gasteiger partial charge in [0.2, 0.25) is 12.2 Å². The average Bonchev–Trinajstić information content (AvgIpc) is 3.51. The summed E-state index contributed by atoms with van der Waals surface area (Å²) in [6.45, 7) is 4.78. The molecule has 200 valence electrons. The quantitative estimate of drug-likeness (QED) is 0.174. The van der Waals surface area contributed by atoms with E-state index < -0.39 is 23.4 Å². The first-order valence-corrected chi connectivity index (χ1v) is 13.0. The Morgan fingerprint density at radius 2 is 1.94 bits per heavy atom. The molecule has 1 N–H and O–H groups in total. The molecule has 1 saturated carbocycles. The summed E-state index contributed by atoms with van der Waals surface area (Å²) in [5.74, 6) is 0.0270. The molecule has 10 nitrogen and oxygen atoms in total. The highest BCUT2D eigenvalue weighted by molar-refractivity contribution is 7.99. The number of halogens is 1. The largest absolute Gasteiger partial charge is 0.459 e. The van der Waals surface area contributed by atoms with Crippen molar-refractivity contribution >= 4 is 42.3 Å². The Hall–Kier alpha value is -2.37. The number of Topliss-reactive ketones (excluding diaryl/α,β-unsaturated/α-hetero) is 1. The molecule has 0 radical (unpaired) electrons. The molecule has 2 amide bonds. The van der Waals surface area contributed by atoms with Crippen molar-refractivity contribution in [2.24, 2.45) is 5.92 Å². The minimum atomic E-state index is -1.01. The van der Waals surface area contributed by atoms with Crippen molar-refractivity contribution < 1.29 is 23.2 Å². The third kappa shape index (κ3) is 7.57. The summed E-state index contributed by atoms with van der Waals surface area (Å²) in [6.07, 6.45) is 6.19. The number of nitrogens with one attached hydrogen (secondary N) is 1. The Kier molecular flexibility index (Phi) is 11.4. The number of furan rings is 1. The van der Waals surface area contributed by atoms with E-state index >= 15 is 0 Å². The Labute approximate surface area is 222 Å². The van der Waals surface area contributed by atoms with Crippen LogP contribution in [-0.2, 0) is 4.79 Å². The van der Waals surface area contributed by atoms with Crippen molar-refractivity contribution in [3.05, 3.63) is 30.0 Å². The van der Waals surface area contributed by atoms with E-state index in [1.54, 1.807) is 12.1 Å². The standard InChI is InChI=1S/C24H35N5O5S.ClH/c1-17(2)15-18(20(31)22-26-27-23(34-22)35-14-12-28(3)4)29(16-30)24(10-6-5-7-11-24)25-21(32)19-9-8-13-33-19;/h8-9,13,16-18H,5-7,10-12,14-15H2,1-4H3,(H,25,32);1H. The van der Waals surface area contributed by atoms with Gasteiger partial charge in [-0.15, -0.1) is 22.6 Å². The Bertz CT molecular complexity index is 975. The van der Waals surface area contributed by atoms with E-state index in [-0.39, 0.29) is 30.0 Å². The summed E-state index contributed by atoms with van der Waals surface area (Å²) < 4.78 is 10.9. The first kappa shape index (κ1) is 29.9. The van der Waals surface area contributed by atoms with E-state index in [1.165, 1.54) is 22.9 Å². The van der Waals surface area contributed by atoms with Gasteiger partial charge in [0.05, 0.1) is 6.26 Å². The van der Waals surface area contributed by atoms with Crippen LogP contribution in [0.2, 0.25) is 0 Å². The Morgan fingerprint density at radius 1 is 1.22 bits per heavy atom. The van der Waals surface area contributed by atoms with E-state index in [2.05, 4.69) is 15.5 Å². The molecule has 1 aliphatic rings. The average molecular weight is 542 g/mol. The number of rotatable bonds is 13. The summed E-state index contributed by atoms with van der Waals surface area (Å²) in [7, 11) is 3.94. The molecule has 2 aromatic heterocycles. The van der Waals surface area contributed by atoms with Crippen molar-refractivity contribution in [3.63, 3.8) is 0 Å². The van der Waals surface area contributed by atoms with Gasteiger partial charge in [-0.05, 0) is 64.3 Å². The lowest BCUT2D eigenvalue weighted by molar-refractivity contribution is -0.129. The van der Waals surface area contributed by atoms with Crippen LogP contribution in [0.1, 0.15) is 73.6 Å². The lowest BCUT2D eigenvalue weighted by Gasteiger charge is -2.47. The molecule has 0 aliphatic heterocycles. The lowest BCUT2D eigenvalue weighted by Crippen LogP contribution is -2.65. The van der Waals surface area contributed by atoms with Gasteiger partial charge in [-0.2, -0.15) is 0 Å². The third-order valence-corrected chi connectivity index (χ3v) is 6.89. The van der Waals surface area contributed by atoms with Gasteiger partial charge in [0.25, 0.3) is 17.0 Å². The van der Waals surface area contributed by atoms with Crippen molar-refractivity contribution in [1.82, 2.24) is 25.3 Å². The topological polar surface area (TPSA) is 122 Å². The predicted molar refractivity (Wildman–Crippen MR) is 138 cm³/mol. The Morgan fingerprint density at radius 3 is 2.53 bits per heavy atom. The van der Waals surface area contributed by atoms with Crippen LogP contribution < -0.4 is 5.32 Å². The first-order chi connectivity index (χ1) is 16.8. The molecule has 12 heteroatoms. The fraction of sp³-hybridized carbons (Fsp3) is 0.625.